The lowest BCUT2D eigenvalue weighted by molar-refractivity contribution is 0.440. The van der Waals surface area contributed by atoms with Crippen LogP contribution in [0.3, 0.4) is 0 Å². The van der Waals surface area contributed by atoms with Gasteiger partial charge in [0.25, 0.3) is 0 Å². The van der Waals surface area contributed by atoms with Gasteiger partial charge in [0.05, 0.1) is 22.3 Å². The summed E-state index contributed by atoms with van der Waals surface area (Å²) in [6.07, 6.45) is 1.87. The highest BCUT2D eigenvalue weighted by Crippen LogP contribution is 2.64. The lowest BCUT2D eigenvalue weighted by Crippen LogP contribution is -2.32. The zero-order chi connectivity index (χ0) is 39.6. The summed E-state index contributed by atoms with van der Waals surface area (Å²) in [7, 11) is 0. The number of nitrogens with zero attached hydrogens (tertiary/aromatic N) is 3. The summed E-state index contributed by atoms with van der Waals surface area (Å²) in [4.78, 5) is 15.3. The zero-order valence-corrected chi connectivity index (χ0v) is 32.5. The van der Waals surface area contributed by atoms with E-state index in [4.69, 9.17) is 19.7 Å². The van der Waals surface area contributed by atoms with Gasteiger partial charge < -0.3 is 4.74 Å². The predicted molar refractivity (Wildman–Crippen MR) is 242 cm³/mol. The van der Waals surface area contributed by atoms with E-state index < -0.39 is 5.41 Å². The van der Waals surface area contributed by atoms with Crippen LogP contribution in [0.2, 0.25) is 0 Å². The Morgan fingerprint density at radius 1 is 0.350 bits per heavy atom. The largest absolute Gasteiger partial charge is 0.455 e. The summed E-state index contributed by atoms with van der Waals surface area (Å²) in [5.41, 5.74) is 16.3. The second kappa shape index (κ2) is 13.6. The van der Waals surface area contributed by atoms with Gasteiger partial charge in [0.15, 0.2) is 5.82 Å². The smallest absolute Gasteiger partial charge is 0.160 e. The van der Waals surface area contributed by atoms with Crippen LogP contribution in [0.15, 0.2) is 212 Å². The first kappa shape index (κ1) is 34.1. The first-order valence-corrected chi connectivity index (χ1v) is 20.3. The fraction of sp³-hybridized carbons (Fsp3) is 0.0179. The topological polar surface area (TPSA) is 47.9 Å². The van der Waals surface area contributed by atoms with Gasteiger partial charge >= 0.3 is 0 Å². The second-order valence-corrected chi connectivity index (χ2v) is 15.5. The molecule has 0 saturated carbocycles. The van der Waals surface area contributed by atoms with Crippen molar-refractivity contribution in [1.82, 2.24) is 15.0 Å². The van der Waals surface area contributed by atoms with Crippen LogP contribution in [-0.2, 0) is 5.41 Å². The van der Waals surface area contributed by atoms with Gasteiger partial charge in [-0.3, -0.25) is 4.98 Å². The number of hydrogen-bond donors (Lipinski definition) is 0. The maximum Gasteiger partial charge on any atom is 0.160 e. The lowest BCUT2D eigenvalue weighted by atomic mass is 9.65. The average Bonchev–Trinajstić information content (AvgIpc) is 3.62. The minimum Gasteiger partial charge on any atom is -0.455 e. The molecule has 0 unspecified atom stereocenters. The molecule has 12 rings (SSSR count). The molecule has 0 saturated heterocycles. The van der Waals surface area contributed by atoms with Crippen LogP contribution in [0.4, 0.5) is 0 Å². The maximum absolute atomic E-state index is 7.45. The molecule has 10 aromatic rings. The number of aromatic nitrogens is 3. The number of rotatable bonds is 5. The molecule has 280 valence electrons. The molecule has 0 amide bonds. The normalized spacial score (nSPS) is 12.9. The molecule has 3 heterocycles. The summed E-state index contributed by atoms with van der Waals surface area (Å²) < 4.78 is 7.45. The molecule has 8 aromatic carbocycles. The third-order valence-corrected chi connectivity index (χ3v) is 12.2. The SMILES string of the molecule is c1ccc(-c2cc(-c3ccccc3)nc(-c3cccc(-c4cccc5c4Oc4c(-c6cccc7cccnc67)cccc4C54c5ccccc5-c5ccccc54)c3)n2)cc1. The maximum atomic E-state index is 7.45. The van der Waals surface area contributed by atoms with Crippen LogP contribution in [0.1, 0.15) is 22.3 Å². The summed E-state index contributed by atoms with van der Waals surface area (Å²) in [5.74, 6) is 2.33. The van der Waals surface area contributed by atoms with Crippen molar-refractivity contribution in [1.29, 1.82) is 0 Å². The minimum absolute atomic E-state index is 0.643. The summed E-state index contributed by atoms with van der Waals surface area (Å²) in [6, 6.07) is 72.8. The van der Waals surface area contributed by atoms with Crippen molar-refractivity contribution in [2.24, 2.45) is 0 Å². The Hall–Kier alpha value is -7.95. The molecule has 0 fully saturated rings. The molecule has 0 N–H and O–H groups in total. The molecule has 0 radical (unpaired) electrons. The van der Waals surface area contributed by atoms with E-state index in [0.717, 1.165) is 83.9 Å². The number of ether oxygens (including phenoxy) is 1. The van der Waals surface area contributed by atoms with Gasteiger partial charge in [-0.05, 0) is 46.0 Å². The van der Waals surface area contributed by atoms with Crippen molar-refractivity contribution < 1.29 is 4.74 Å². The summed E-state index contributed by atoms with van der Waals surface area (Å²) >= 11 is 0. The summed E-state index contributed by atoms with van der Waals surface area (Å²) in [5, 5.41) is 1.08. The first-order valence-electron chi connectivity index (χ1n) is 20.3. The van der Waals surface area contributed by atoms with Gasteiger partial charge in [0.2, 0.25) is 0 Å². The molecule has 2 aliphatic rings. The Balaban J connectivity index is 1.10. The highest BCUT2D eigenvalue weighted by atomic mass is 16.5. The van der Waals surface area contributed by atoms with Crippen molar-refractivity contribution in [3.63, 3.8) is 0 Å². The van der Waals surface area contributed by atoms with E-state index in [1.165, 1.54) is 22.3 Å². The number of hydrogen-bond acceptors (Lipinski definition) is 4. The fourth-order valence-corrected chi connectivity index (χ4v) is 9.62. The van der Waals surface area contributed by atoms with Crippen LogP contribution in [0.25, 0.3) is 78.2 Å². The fourth-order valence-electron chi connectivity index (χ4n) is 9.62. The van der Waals surface area contributed by atoms with Crippen molar-refractivity contribution in [2.75, 3.05) is 0 Å². The number of para-hydroxylation sites is 3. The van der Waals surface area contributed by atoms with Crippen LogP contribution >= 0.6 is 0 Å². The number of benzene rings is 8. The van der Waals surface area contributed by atoms with E-state index >= 15 is 0 Å². The Bertz CT molecular complexity index is 3190. The molecule has 4 heteroatoms. The Morgan fingerprint density at radius 3 is 1.52 bits per heavy atom. The molecule has 2 aromatic heterocycles. The molecular weight excluding hydrogens is 731 g/mol. The molecule has 60 heavy (non-hydrogen) atoms. The van der Waals surface area contributed by atoms with Crippen molar-refractivity contribution >= 4 is 10.9 Å². The van der Waals surface area contributed by atoms with E-state index in [9.17, 15) is 0 Å². The van der Waals surface area contributed by atoms with Crippen molar-refractivity contribution in [3.05, 3.63) is 235 Å². The van der Waals surface area contributed by atoms with Crippen LogP contribution < -0.4 is 4.74 Å². The molecule has 0 bridgehead atoms. The first-order chi connectivity index (χ1) is 29.8. The molecule has 4 nitrogen and oxygen atoms in total. The van der Waals surface area contributed by atoms with Gasteiger partial charge in [0, 0.05) is 56.1 Å². The quantitative estimate of drug-likeness (QED) is 0.175. The van der Waals surface area contributed by atoms with Crippen LogP contribution in [-0.4, -0.2) is 15.0 Å². The minimum atomic E-state index is -0.643. The van der Waals surface area contributed by atoms with Crippen LogP contribution in [0.5, 0.6) is 11.5 Å². The highest BCUT2D eigenvalue weighted by molar-refractivity contribution is 5.98. The van der Waals surface area contributed by atoms with Gasteiger partial charge in [-0.2, -0.15) is 0 Å². The van der Waals surface area contributed by atoms with E-state index in [2.05, 4.69) is 164 Å². The van der Waals surface area contributed by atoms with Gasteiger partial charge in [0.1, 0.15) is 11.5 Å². The van der Waals surface area contributed by atoms with Gasteiger partial charge in [-0.25, -0.2) is 9.97 Å². The van der Waals surface area contributed by atoms with Crippen LogP contribution in [0, 0.1) is 0 Å². The Kier molecular flexibility index (Phi) is 7.72. The third kappa shape index (κ3) is 5.14. The monoisotopic (exact) mass is 765 g/mol. The Labute approximate surface area is 348 Å². The molecule has 1 spiro atoms. The van der Waals surface area contributed by atoms with Crippen molar-refractivity contribution in [3.8, 4) is 78.8 Å². The number of pyridine rings is 1. The van der Waals surface area contributed by atoms with E-state index in [-0.39, 0.29) is 0 Å². The molecular formula is C56H35N3O. The molecule has 1 aliphatic carbocycles. The van der Waals surface area contributed by atoms with Gasteiger partial charge in [-0.1, -0.05) is 188 Å². The second-order valence-electron chi connectivity index (χ2n) is 15.5. The lowest BCUT2D eigenvalue weighted by Gasteiger charge is -2.40. The number of fused-ring (bicyclic) bond motifs is 10. The standard InChI is InChI=1S/C56H35N3O/c1-3-16-36(17-4-1)50-35-51(37-18-5-2-6-19-37)59-55(58-50)40-22-11-21-39(34-40)41-26-13-31-48-53(41)60-54-45(44-27-12-20-38-23-15-33-57-52(38)44)28-14-32-49(54)56(48)46-29-9-7-24-42(46)43-25-8-10-30-47(43)56/h1-35H. The van der Waals surface area contributed by atoms with E-state index in [0.29, 0.717) is 5.82 Å². The predicted octanol–water partition coefficient (Wildman–Crippen LogP) is 13.8. The Morgan fingerprint density at radius 2 is 0.833 bits per heavy atom. The molecule has 0 atom stereocenters. The van der Waals surface area contributed by atoms with E-state index in [1.54, 1.807) is 0 Å². The van der Waals surface area contributed by atoms with Crippen molar-refractivity contribution in [2.45, 2.75) is 5.41 Å². The van der Waals surface area contributed by atoms with E-state index in [1.807, 2.05) is 48.7 Å². The molecule has 1 aliphatic heterocycles. The highest BCUT2D eigenvalue weighted by Gasteiger charge is 2.52. The average molecular weight is 766 g/mol. The zero-order valence-electron chi connectivity index (χ0n) is 32.5. The van der Waals surface area contributed by atoms with Gasteiger partial charge in [-0.15, -0.1) is 0 Å². The summed E-state index contributed by atoms with van der Waals surface area (Å²) in [6.45, 7) is 0. The third-order valence-electron chi connectivity index (χ3n) is 12.2.